The fourth-order valence-corrected chi connectivity index (χ4v) is 3.45. The summed E-state index contributed by atoms with van der Waals surface area (Å²) in [5.41, 5.74) is 1.04. The molecule has 0 aliphatic carbocycles. The number of benzene rings is 3. The van der Waals surface area contributed by atoms with Gasteiger partial charge in [0.1, 0.15) is 0 Å². The summed E-state index contributed by atoms with van der Waals surface area (Å²) in [6.07, 6.45) is 0. The van der Waals surface area contributed by atoms with Gasteiger partial charge in [0.05, 0.1) is 32.4 Å². The van der Waals surface area contributed by atoms with E-state index >= 15 is 0 Å². The molecule has 1 heterocycles. The Balaban J connectivity index is 1.47. The molecule has 0 unspecified atom stereocenters. The van der Waals surface area contributed by atoms with Gasteiger partial charge in [-0.25, -0.2) is 9.69 Å². The molecule has 0 bridgehead atoms. The van der Waals surface area contributed by atoms with Gasteiger partial charge in [-0.1, -0.05) is 41.4 Å². The summed E-state index contributed by atoms with van der Waals surface area (Å²) in [7, 11) is 0. The standard InChI is InChI=1S/C23H14Cl2N2O5/c24-18-9-7-15(11-19(18)25)27-21(29)16-8-6-13(10-17(16)22(27)30)23(31)32-12-20(28)26-14-4-2-1-3-5-14/h1-11H,12H2,(H,26,28). The van der Waals surface area contributed by atoms with Crippen molar-refractivity contribution < 1.29 is 23.9 Å². The Morgan fingerprint density at radius 3 is 2.28 bits per heavy atom. The fraction of sp³-hybridized carbons (Fsp3) is 0.0435. The molecular formula is C23H14Cl2N2O5. The number of nitrogens with one attached hydrogen (secondary N) is 1. The molecule has 7 nitrogen and oxygen atoms in total. The number of halogens is 2. The predicted octanol–water partition coefficient (Wildman–Crippen LogP) is 4.59. The van der Waals surface area contributed by atoms with Crippen molar-refractivity contribution in [3.8, 4) is 0 Å². The number of carbonyl (C=O) groups is 4. The summed E-state index contributed by atoms with van der Waals surface area (Å²) in [5.74, 6) is -2.47. The molecule has 0 atom stereocenters. The van der Waals surface area contributed by atoms with Gasteiger partial charge in [0.25, 0.3) is 17.7 Å². The number of fused-ring (bicyclic) bond motifs is 1. The van der Waals surface area contributed by atoms with Crippen molar-refractivity contribution in [3.05, 3.63) is 93.5 Å². The summed E-state index contributed by atoms with van der Waals surface area (Å²) in [6.45, 7) is -0.507. The van der Waals surface area contributed by atoms with Crippen LogP contribution < -0.4 is 10.2 Å². The van der Waals surface area contributed by atoms with Crippen LogP contribution in [0.2, 0.25) is 10.0 Å². The summed E-state index contributed by atoms with van der Waals surface area (Å²) in [5, 5.41) is 3.07. The maximum Gasteiger partial charge on any atom is 0.338 e. The maximum absolute atomic E-state index is 12.9. The average Bonchev–Trinajstić information content (AvgIpc) is 3.04. The predicted molar refractivity (Wildman–Crippen MR) is 119 cm³/mol. The molecule has 160 valence electrons. The topological polar surface area (TPSA) is 92.8 Å². The lowest BCUT2D eigenvalue weighted by atomic mass is 10.1. The zero-order valence-electron chi connectivity index (χ0n) is 16.3. The van der Waals surface area contributed by atoms with Gasteiger partial charge in [-0.15, -0.1) is 0 Å². The number of rotatable bonds is 5. The lowest BCUT2D eigenvalue weighted by Crippen LogP contribution is -2.29. The van der Waals surface area contributed by atoms with E-state index in [1.165, 1.54) is 36.4 Å². The second kappa shape index (κ2) is 8.82. The average molecular weight is 469 g/mol. The van der Waals surface area contributed by atoms with E-state index < -0.39 is 30.3 Å². The van der Waals surface area contributed by atoms with Gasteiger partial charge in [0.2, 0.25) is 0 Å². The highest BCUT2D eigenvalue weighted by molar-refractivity contribution is 6.42. The molecule has 0 aromatic heterocycles. The summed E-state index contributed by atoms with van der Waals surface area (Å²) in [6, 6.07) is 17.1. The number of carbonyl (C=O) groups excluding carboxylic acids is 4. The number of anilines is 2. The van der Waals surface area contributed by atoms with E-state index in [1.54, 1.807) is 30.3 Å². The van der Waals surface area contributed by atoms with E-state index in [0.29, 0.717) is 5.69 Å². The molecule has 4 rings (SSSR count). The molecule has 3 aromatic rings. The van der Waals surface area contributed by atoms with Crippen LogP contribution >= 0.6 is 23.2 Å². The largest absolute Gasteiger partial charge is 0.452 e. The van der Waals surface area contributed by atoms with Crippen molar-refractivity contribution >= 4 is 58.3 Å². The molecule has 32 heavy (non-hydrogen) atoms. The fourth-order valence-electron chi connectivity index (χ4n) is 3.16. The zero-order chi connectivity index (χ0) is 22.8. The molecular weight excluding hydrogens is 455 g/mol. The van der Waals surface area contributed by atoms with E-state index in [4.69, 9.17) is 27.9 Å². The molecule has 1 aliphatic rings. The van der Waals surface area contributed by atoms with E-state index in [0.717, 1.165) is 4.90 Å². The van der Waals surface area contributed by atoms with Gasteiger partial charge in [0, 0.05) is 5.69 Å². The normalized spacial score (nSPS) is 12.5. The molecule has 1 N–H and O–H groups in total. The monoisotopic (exact) mass is 468 g/mol. The quantitative estimate of drug-likeness (QED) is 0.436. The molecule has 0 saturated carbocycles. The van der Waals surface area contributed by atoms with Crippen LogP contribution in [0.5, 0.6) is 0 Å². The molecule has 0 radical (unpaired) electrons. The number of amides is 3. The number of para-hydroxylation sites is 1. The highest BCUT2D eigenvalue weighted by atomic mass is 35.5. The zero-order valence-corrected chi connectivity index (χ0v) is 17.8. The molecule has 0 saturated heterocycles. The first-order valence-electron chi connectivity index (χ1n) is 9.35. The van der Waals surface area contributed by atoms with Crippen LogP contribution in [0.4, 0.5) is 11.4 Å². The first kappa shape index (κ1) is 21.5. The smallest absolute Gasteiger partial charge is 0.338 e. The third-order valence-corrected chi connectivity index (χ3v) is 5.41. The minimum Gasteiger partial charge on any atom is -0.452 e. The molecule has 3 amide bonds. The number of imide groups is 1. The maximum atomic E-state index is 12.9. The number of ether oxygens (including phenoxy) is 1. The lowest BCUT2D eigenvalue weighted by Gasteiger charge is -2.14. The summed E-state index contributed by atoms with van der Waals surface area (Å²) in [4.78, 5) is 50.9. The Kier molecular flexibility index (Phi) is 5.94. The van der Waals surface area contributed by atoms with E-state index in [2.05, 4.69) is 5.32 Å². The van der Waals surface area contributed by atoms with Gasteiger partial charge in [-0.2, -0.15) is 0 Å². The minimum atomic E-state index is -0.802. The first-order valence-corrected chi connectivity index (χ1v) is 10.1. The number of esters is 1. The van der Waals surface area contributed by atoms with Crippen LogP contribution in [0.25, 0.3) is 0 Å². The second-order valence-electron chi connectivity index (χ2n) is 6.79. The van der Waals surface area contributed by atoms with E-state index in [9.17, 15) is 19.2 Å². The Bertz CT molecular complexity index is 1260. The van der Waals surface area contributed by atoms with Crippen LogP contribution in [0.3, 0.4) is 0 Å². The summed E-state index contributed by atoms with van der Waals surface area (Å²) >= 11 is 11.9. The van der Waals surface area contributed by atoms with Gasteiger partial charge in [-0.3, -0.25) is 14.4 Å². The van der Waals surface area contributed by atoms with Crippen LogP contribution in [0.15, 0.2) is 66.7 Å². The van der Waals surface area contributed by atoms with Crippen molar-refractivity contribution in [1.82, 2.24) is 0 Å². The molecule has 9 heteroatoms. The van der Waals surface area contributed by atoms with Crippen molar-refractivity contribution in [2.75, 3.05) is 16.8 Å². The van der Waals surface area contributed by atoms with Gasteiger partial charge in [0.15, 0.2) is 6.61 Å². The van der Waals surface area contributed by atoms with Gasteiger partial charge in [-0.05, 0) is 48.5 Å². The SMILES string of the molecule is O=C(COC(=O)c1ccc2c(c1)C(=O)N(c1ccc(Cl)c(Cl)c1)C2=O)Nc1ccccc1. The molecule has 0 spiro atoms. The molecule has 0 fully saturated rings. The Labute approximate surface area is 192 Å². The van der Waals surface area contributed by atoms with Gasteiger partial charge >= 0.3 is 5.97 Å². The Morgan fingerprint density at radius 1 is 0.844 bits per heavy atom. The second-order valence-corrected chi connectivity index (χ2v) is 7.61. The van der Waals surface area contributed by atoms with Crippen molar-refractivity contribution in [1.29, 1.82) is 0 Å². The van der Waals surface area contributed by atoms with Crippen molar-refractivity contribution in [3.63, 3.8) is 0 Å². The van der Waals surface area contributed by atoms with Crippen LogP contribution in [-0.4, -0.2) is 30.3 Å². The van der Waals surface area contributed by atoms with Crippen molar-refractivity contribution in [2.24, 2.45) is 0 Å². The number of nitrogens with zero attached hydrogens (tertiary/aromatic N) is 1. The third kappa shape index (κ3) is 4.21. The van der Waals surface area contributed by atoms with Crippen LogP contribution in [-0.2, 0) is 9.53 Å². The minimum absolute atomic E-state index is 0.0356. The molecule has 3 aromatic carbocycles. The van der Waals surface area contributed by atoms with Gasteiger partial charge < -0.3 is 10.1 Å². The highest BCUT2D eigenvalue weighted by Crippen LogP contribution is 2.33. The third-order valence-electron chi connectivity index (χ3n) is 4.68. The van der Waals surface area contributed by atoms with E-state index in [1.807, 2.05) is 0 Å². The first-order chi connectivity index (χ1) is 15.3. The Hall–Kier alpha value is -3.68. The number of hydrogen-bond donors (Lipinski definition) is 1. The Morgan fingerprint density at radius 2 is 1.56 bits per heavy atom. The number of hydrogen-bond acceptors (Lipinski definition) is 5. The van der Waals surface area contributed by atoms with Crippen LogP contribution in [0, 0.1) is 0 Å². The highest BCUT2D eigenvalue weighted by Gasteiger charge is 2.37. The summed E-state index contributed by atoms with van der Waals surface area (Å²) < 4.78 is 5.03. The van der Waals surface area contributed by atoms with Crippen molar-refractivity contribution in [2.45, 2.75) is 0 Å². The lowest BCUT2D eigenvalue weighted by molar-refractivity contribution is -0.119. The molecule has 1 aliphatic heterocycles. The van der Waals surface area contributed by atoms with Crippen LogP contribution in [0.1, 0.15) is 31.1 Å². The van der Waals surface area contributed by atoms with E-state index in [-0.39, 0.29) is 32.4 Å².